The molecule has 2 aliphatic rings. The van der Waals surface area contributed by atoms with E-state index in [1.807, 2.05) is 16.7 Å². The third-order valence-corrected chi connectivity index (χ3v) is 4.24. The molecule has 1 N–H and O–H groups in total. The zero-order chi connectivity index (χ0) is 11.4. The van der Waals surface area contributed by atoms with Gasteiger partial charge in [-0.1, -0.05) is 0 Å². The lowest BCUT2D eigenvalue weighted by Gasteiger charge is -2.34. The lowest BCUT2D eigenvalue weighted by molar-refractivity contribution is -0.139. The summed E-state index contributed by atoms with van der Waals surface area (Å²) in [7, 11) is 0. The molecular formula is C11H21ClN2O2S. The van der Waals surface area contributed by atoms with Crippen molar-refractivity contribution in [2.24, 2.45) is 0 Å². The molecule has 17 heavy (non-hydrogen) atoms. The zero-order valence-electron chi connectivity index (χ0n) is 10.2. The number of carbonyl (C=O) groups excluding carboxylic acids is 1. The first kappa shape index (κ1) is 15.1. The highest BCUT2D eigenvalue weighted by molar-refractivity contribution is 7.99. The molecule has 4 nitrogen and oxygen atoms in total. The van der Waals surface area contributed by atoms with Gasteiger partial charge in [0.25, 0.3) is 0 Å². The summed E-state index contributed by atoms with van der Waals surface area (Å²) in [5.41, 5.74) is 0. The van der Waals surface area contributed by atoms with Crippen LogP contribution >= 0.6 is 24.2 Å². The second-order valence-corrected chi connectivity index (χ2v) is 5.59. The molecule has 0 aromatic carbocycles. The zero-order valence-corrected chi connectivity index (χ0v) is 11.8. The van der Waals surface area contributed by atoms with Crippen LogP contribution in [-0.2, 0) is 9.53 Å². The van der Waals surface area contributed by atoms with Crippen molar-refractivity contribution in [2.45, 2.75) is 25.4 Å². The molecule has 2 saturated heterocycles. The van der Waals surface area contributed by atoms with Crippen LogP contribution in [0.15, 0.2) is 0 Å². The molecule has 100 valence electrons. The predicted molar refractivity (Wildman–Crippen MR) is 73.0 cm³/mol. The van der Waals surface area contributed by atoms with E-state index in [1.54, 1.807) is 0 Å². The van der Waals surface area contributed by atoms with Crippen molar-refractivity contribution < 1.29 is 9.53 Å². The third kappa shape index (κ3) is 4.32. The summed E-state index contributed by atoms with van der Waals surface area (Å²) in [6.07, 6.45) is 0.636. The number of nitrogens with one attached hydrogen (secondary N) is 1. The Kier molecular flexibility index (Phi) is 6.62. The number of hydrogen-bond acceptors (Lipinski definition) is 4. The fourth-order valence-electron chi connectivity index (χ4n) is 2.18. The Hall–Kier alpha value is 0.0300. The molecule has 0 aromatic rings. The van der Waals surface area contributed by atoms with Gasteiger partial charge in [0.1, 0.15) is 0 Å². The maximum atomic E-state index is 12.1. The highest BCUT2D eigenvalue weighted by atomic mass is 35.5. The topological polar surface area (TPSA) is 41.6 Å². The summed E-state index contributed by atoms with van der Waals surface area (Å²) >= 11 is 1.93. The highest BCUT2D eigenvalue weighted by Crippen LogP contribution is 2.14. The van der Waals surface area contributed by atoms with Crippen molar-refractivity contribution in [3.05, 3.63) is 0 Å². The summed E-state index contributed by atoms with van der Waals surface area (Å²) in [5.74, 6) is 2.50. The van der Waals surface area contributed by atoms with Crippen LogP contribution in [0.3, 0.4) is 0 Å². The Labute approximate surface area is 113 Å². The van der Waals surface area contributed by atoms with Crippen LogP contribution in [0.4, 0.5) is 0 Å². The first-order valence-corrected chi connectivity index (χ1v) is 7.11. The summed E-state index contributed by atoms with van der Waals surface area (Å²) in [5, 5.41) is 3.40. The van der Waals surface area contributed by atoms with Crippen molar-refractivity contribution in [3.8, 4) is 0 Å². The quantitative estimate of drug-likeness (QED) is 0.811. The SMILES string of the molecule is CC1COCCN1C(=O)CC1CSCCN1.Cl. The van der Waals surface area contributed by atoms with Crippen molar-refractivity contribution >= 4 is 30.1 Å². The molecule has 0 aliphatic carbocycles. The average Bonchev–Trinajstić information content (AvgIpc) is 2.31. The smallest absolute Gasteiger partial charge is 0.224 e. The first-order valence-electron chi connectivity index (χ1n) is 5.95. The highest BCUT2D eigenvalue weighted by Gasteiger charge is 2.26. The van der Waals surface area contributed by atoms with E-state index < -0.39 is 0 Å². The second kappa shape index (κ2) is 7.46. The summed E-state index contributed by atoms with van der Waals surface area (Å²) in [6, 6.07) is 0.596. The molecule has 0 aromatic heterocycles. The van der Waals surface area contributed by atoms with Crippen LogP contribution in [0.5, 0.6) is 0 Å². The summed E-state index contributed by atoms with van der Waals surface area (Å²) in [6.45, 7) is 5.20. The molecule has 0 saturated carbocycles. The maximum Gasteiger partial charge on any atom is 0.224 e. The number of ether oxygens (including phenoxy) is 1. The van der Waals surface area contributed by atoms with Gasteiger partial charge in [-0.15, -0.1) is 12.4 Å². The Balaban J connectivity index is 0.00000144. The molecule has 1 amide bonds. The standard InChI is InChI=1S/C11H20N2O2S.ClH/c1-9-7-15-4-3-13(9)11(14)6-10-8-16-5-2-12-10;/h9-10,12H,2-8H2,1H3;1H. The predicted octanol–water partition coefficient (Wildman–Crippen LogP) is 0.751. The van der Waals surface area contributed by atoms with Gasteiger partial charge in [0.15, 0.2) is 0 Å². The van der Waals surface area contributed by atoms with Gasteiger partial charge in [-0.25, -0.2) is 0 Å². The summed E-state index contributed by atoms with van der Waals surface area (Å²) in [4.78, 5) is 14.1. The molecule has 2 fully saturated rings. The molecule has 2 heterocycles. The van der Waals surface area contributed by atoms with Crippen LogP contribution in [-0.4, -0.2) is 60.7 Å². The lowest BCUT2D eigenvalue weighted by atomic mass is 10.1. The minimum atomic E-state index is 0. The van der Waals surface area contributed by atoms with Crippen molar-refractivity contribution in [3.63, 3.8) is 0 Å². The van der Waals surface area contributed by atoms with E-state index >= 15 is 0 Å². The van der Waals surface area contributed by atoms with Gasteiger partial charge in [-0.2, -0.15) is 11.8 Å². The lowest BCUT2D eigenvalue weighted by Crippen LogP contribution is -2.50. The van der Waals surface area contributed by atoms with Crippen LogP contribution in [0.2, 0.25) is 0 Å². The Morgan fingerprint density at radius 1 is 1.59 bits per heavy atom. The number of rotatable bonds is 2. The number of halogens is 1. The first-order chi connectivity index (χ1) is 7.77. The van der Waals surface area contributed by atoms with Gasteiger partial charge in [0.2, 0.25) is 5.91 Å². The van der Waals surface area contributed by atoms with Crippen LogP contribution in [0, 0.1) is 0 Å². The third-order valence-electron chi connectivity index (χ3n) is 3.11. The molecule has 2 rings (SSSR count). The van der Waals surface area contributed by atoms with Gasteiger partial charge in [-0.05, 0) is 6.92 Å². The molecule has 2 atom stereocenters. The minimum Gasteiger partial charge on any atom is -0.377 e. The number of hydrogen-bond donors (Lipinski definition) is 1. The fourth-order valence-corrected chi connectivity index (χ4v) is 3.13. The maximum absolute atomic E-state index is 12.1. The summed E-state index contributed by atoms with van der Waals surface area (Å²) < 4.78 is 5.34. The number of amides is 1. The molecule has 0 radical (unpaired) electrons. The van der Waals surface area contributed by atoms with E-state index in [2.05, 4.69) is 12.2 Å². The van der Waals surface area contributed by atoms with Crippen molar-refractivity contribution in [2.75, 3.05) is 37.8 Å². The van der Waals surface area contributed by atoms with Crippen LogP contribution in [0.25, 0.3) is 0 Å². The largest absolute Gasteiger partial charge is 0.377 e. The van der Waals surface area contributed by atoms with E-state index in [0.717, 1.165) is 18.8 Å². The number of nitrogens with zero attached hydrogens (tertiary/aromatic N) is 1. The second-order valence-electron chi connectivity index (χ2n) is 4.44. The van der Waals surface area contributed by atoms with E-state index in [4.69, 9.17) is 4.74 Å². The van der Waals surface area contributed by atoms with Gasteiger partial charge in [-0.3, -0.25) is 4.79 Å². The molecule has 0 spiro atoms. The van der Waals surface area contributed by atoms with E-state index in [1.165, 1.54) is 5.75 Å². The molecule has 0 bridgehead atoms. The Morgan fingerprint density at radius 2 is 2.41 bits per heavy atom. The molecular weight excluding hydrogens is 260 g/mol. The van der Waals surface area contributed by atoms with Crippen molar-refractivity contribution in [1.29, 1.82) is 0 Å². The fraction of sp³-hybridized carbons (Fsp3) is 0.909. The van der Waals surface area contributed by atoms with Gasteiger partial charge in [0.05, 0.1) is 19.3 Å². The van der Waals surface area contributed by atoms with Crippen LogP contribution < -0.4 is 5.32 Å². The van der Waals surface area contributed by atoms with Crippen LogP contribution in [0.1, 0.15) is 13.3 Å². The van der Waals surface area contributed by atoms with Gasteiger partial charge < -0.3 is 15.0 Å². The molecule has 2 aliphatic heterocycles. The number of thioether (sulfide) groups is 1. The Bertz CT molecular complexity index is 250. The average molecular weight is 281 g/mol. The molecule has 6 heteroatoms. The minimum absolute atomic E-state index is 0. The molecule has 2 unspecified atom stereocenters. The van der Waals surface area contributed by atoms with Gasteiger partial charge >= 0.3 is 0 Å². The van der Waals surface area contributed by atoms with Gasteiger partial charge in [0, 0.05) is 37.1 Å². The van der Waals surface area contributed by atoms with E-state index in [0.29, 0.717) is 25.7 Å². The Morgan fingerprint density at radius 3 is 3.06 bits per heavy atom. The monoisotopic (exact) mass is 280 g/mol. The van der Waals surface area contributed by atoms with Crippen molar-refractivity contribution in [1.82, 2.24) is 10.2 Å². The van der Waals surface area contributed by atoms with E-state index in [9.17, 15) is 4.79 Å². The normalized spacial score (nSPS) is 29.6. The van der Waals surface area contributed by atoms with E-state index in [-0.39, 0.29) is 24.4 Å². The number of carbonyl (C=O) groups is 1. The number of morpholine rings is 1.